The van der Waals surface area contributed by atoms with Crippen LogP contribution in [0.4, 0.5) is 14.9 Å². The second kappa shape index (κ2) is 7.50. The van der Waals surface area contributed by atoms with Crippen molar-refractivity contribution in [1.29, 1.82) is 0 Å². The lowest BCUT2D eigenvalue weighted by Crippen LogP contribution is -2.42. The largest absolute Gasteiger partial charge is 0.497 e. The van der Waals surface area contributed by atoms with Crippen LogP contribution in [0.2, 0.25) is 0 Å². The summed E-state index contributed by atoms with van der Waals surface area (Å²) in [6.07, 6.45) is 3.53. The van der Waals surface area contributed by atoms with Crippen molar-refractivity contribution >= 4 is 11.7 Å². The second-order valence-electron chi connectivity index (χ2n) is 6.04. The summed E-state index contributed by atoms with van der Waals surface area (Å²) in [5.74, 6) is 1.03. The number of ether oxygens (including phenoxy) is 1. The molecule has 1 aliphatic rings. The van der Waals surface area contributed by atoms with Crippen LogP contribution >= 0.6 is 0 Å². The third-order valence-electron chi connectivity index (χ3n) is 4.48. The van der Waals surface area contributed by atoms with Crippen LogP contribution < -0.4 is 10.1 Å². The first-order valence-electron chi connectivity index (χ1n) is 8.39. The van der Waals surface area contributed by atoms with E-state index in [1.54, 1.807) is 11.2 Å². The van der Waals surface area contributed by atoms with Crippen molar-refractivity contribution < 1.29 is 13.9 Å². The topological polar surface area (TPSA) is 72.3 Å². The minimum Gasteiger partial charge on any atom is -0.497 e. The molecular weight excluding hydrogens is 325 g/mol. The molecule has 25 heavy (non-hydrogen) atoms. The van der Waals surface area contributed by atoms with Crippen LogP contribution in [-0.4, -0.2) is 45.9 Å². The van der Waals surface area contributed by atoms with E-state index in [0.29, 0.717) is 18.8 Å². The van der Waals surface area contributed by atoms with Crippen LogP contribution in [0.1, 0.15) is 31.5 Å². The molecule has 0 aliphatic carbocycles. The summed E-state index contributed by atoms with van der Waals surface area (Å²) in [5, 5.41) is 10.8. The van der Waals surface area contributed by atoms with Gasteiger partial charge in [0.25, 0.3) is 0 Å². The van der Waals surface area contributed by atoms with Crippen molar-refractivity contribution in [1.82, 2.24) is 19.7 Å². The highest BCUT2D eigenvalue weighted by Gasteiger charge is 2.28. The van der Waals surface area contributed by atoms with Gasteiger partial charge in [-0.25, -0.2) is 9.18 Å². The van der Waals surface area contributed by atoms with Crippen LogP contribution in [-0.2, 0) is 6.54 Å². The van der Waals surface area contributed by atoms with E-state index in [2.05, 4.69) is 15.5 Å². The van der Waals surface area contributed by atoms with Gasteiger partial charge in [-0.05, 0) is 31.9 Å². The summed E-state index contributed by atoms with van der Waals surface area (Å²) in [6, 6.07) is 3.94. The minimum absolute atomic E-state index is 0.114. The van der Waals surface area contributed by atoms with E-state index >= 15 is 0 Å². The van der Waals surface area contributed by atoms with Gasteiger partial charge in [0.15, 0.2) is 0 Å². The quantitative estimate of drug-likeness (QED) is 0.923. The van der Waals surface area contributed by atoms with Crippen molar-refractivity contribution in [2.45, 2.75) is 32.2 Å². The van der Waals surface area contributed by atoms with Crippen molar-refractivity contribution in [3.05, 3.63) is 36.2 Å². The maximum absolute atomic E-state index is 13.9. The lowest BCUT2D eigenvalue weighted by molar-refractivity contribution is 0.190. The van der Waals surface area contributed by atoms with E-state index in [1.165, 1.54) is 25.3 Å². The number of aromatic nitrogens is 3. The normalized spacial score (nSPS) is 17.4. The maximum Gasteiger partial charge on any atom is 0.321 e. The van der Waals surface area contributed by atoms with E-state index in [0.717, 1.165) is 25.2 Å². The Morgan fingerprint density at radius 3 is 3.08 bits per heavy atom. The Hall–Kier alpha value is -2.64. The first kappa shape index (κ1) is 17.2. The molecule has 0 unspecified atom stereocenters. The summed E-state index contributed by atoms with van der Waals surface area (Å²) in [4.78, 5) is 14.2. The predicted molar refractivity (Wildman–Crippen MR) is 91.2 cm³/mol. The Labute approximate surface area is 145 Å². The Kier molecular flexibility index (Phi) is 5.16. The highest BCUT2D eigenvalue weighted by molar-refractivity contribution is 5.89. The molecule has 2 aromatic rings. The fourth-order valence-electron chi connectivity index (χ4n) is 3.12. The number of hydrogen-bond acceptors (Lipinski definition) is 4. The molecule has 8 heteroatoms. The third-order valence-corrected chi connectivity index (χ3v) is 4.48. The number of piperidine rings is 1. The molecule has 2 heterocycles. The molecule has 0 radical (unpaired) electrons. The molecule has 1 saturated heterocycles. The summed E-state index contributed by atoms with van der Waals surface area (Å²) in [5.41, 5.74) is 0.114. The summed E-state index contributed by atoms with van der Waals surface area (Å²) in [7, 11) is 1.50. The number of amides is 2. The molecule has 3 rings (SSSR count). The molecule has 1 atom stereocenters. The number of nitrogens with zero attached hydrogens (tertiary/aromatic N) is 4. The highest BCUT2D eigenvalue weighted by Crippen LogP contribution is 2.27. The van der Waals surface area contributed by atoms with Gasteiger partial charge in [0.05, 0.1) is 12.8 Å². The predicted octanol–water partition coefficient (Wildman–Crippen LogP) is 2.86. The second-order valence-corrected chi connectivity index (χ2v) is 6.04. The number of likely N-dealkylation sites (tertiary alicyclic amines) is 1. The van der Waals surface area contributed by atoms with Crippen molar-refractivity contribution in [3.63, 3.8) is 0 Å². The number of hydrogen-bond donors (Lipinski definition) is 1. The van der Waals surface area contributed by atoms with Gasteiger partial charge in [0, 0.05) is 31.6 Å². The molecular formula is C17H22FN5O2. The number of nitrogens with one attached hydrogen (secondary N) is 1. The molecule has 1 aromatic heterocycles. The van der Waals surface area contributed by atoms with Crippen LogP contribution in [0, 0.1) is 5.82 Å². The van der Waals surface area contributed by atoms with E-state index in [-0.39, 0.29) is 17.6 Å². The number of aryl methyl sites for hydroxylation is 1. The first-order chi connectivity index (χ1) is 12.1. The van der Waals surface area contributed by atoms with E-state index in [4.69, 9.17) is 4.74 Å². The molecule has 1 fully saturated rings. The lowest BCUT2D eigenvalue weighted by Gasteiger charge is -2.32. The lowest BCUT2D eigenvalue weighted by atomic mass is 9.97. The zero-order valence-electron chi connectivity index (χ0n) is 14.4. The molecule has 1 aliphatic heterocycles. The van der Waals surface area contributed by atoms with Gasteiger partial charge in [-0.1, -0.05) is 0 Å². The maximum atomic E-state index is 13.9. The fraction of sp³-hybridized carbons (Fsp3) is 0.471. The molecule has 1 N–H and O–H groups in total. The zero-order chi connectivity index (χ0) is 17.8. The minimum atomic E-state index is -0.492. The number of rotatable bonds is 4. The van der Waals surface area contributed by atoms with Gasteiger partial charge in [-0.3, -0.25) is 0 Å². The number of benzene rings is 1. The van der Waals surface area contributed by atoms with Crippen molar-refractivity contribution in [3.8, 4) is 5.75 Å². The van der Waals surface area contributed by atoms with E-state index < -0.39 is 5.82 Å². The average molecular weight is 347 g/mol. The summed E-state index contributed by atoms with van der Waals surface area (Å²) < 4.78 is 21.0. The van der Waals surface area contributed by atoms with E-state index in [1.807, 2.05) is 11.5 Å². The smallest absolute Gasteiger partial charge is 0.321 e. The highest BCUT2D eigenvalue weighted by atomic mass is 19.1. The molecule has 7 nitrogen and oxygen atoms in total. The Bertz CT molecular complexity index is 748. The number of halogens is 1. The van der Waals surface area contributed by atoms with Crippen LogP contribution in [0.3, 0.4) is 0 Å². The number of carbonyl (C=O) groups excluding carboxylic acids is 1. The van der Waals surface area contributed by atoms with Gasteiger partial charge >= 0.3 is 6.03 Å². The Morgan fingerprint density at radius 2 is 2.32 bits per heavy atom. The Morgan fingerprint density at radius 1 is 1.48 bits per heavy atom. The van der Waals surface area contributed by atoms with Crippen LogP contribution in [0.5, 0.6) is 5.75 Å². The van der Waals surface area contributed by atoms with Gasteiger partial charge < -0.3 is 19.5 Å². The van der Waals surface area contributed by atoms with Gasteiger partial charge in [0.2, 0.25) is 0 Å². The molecule has 0 spiro atoms. The monoisotopic (exact) mass is 347 g/mol. The summed E-state index contributed by atoms with van der Waals surface area (Å²) >= 11 is 0. The van der Waals surface area contributed by atoms with Crippen LogP contribution in [0.15, 0.2) is 24.5 Å². The van der Waals surface area contributed by atoms with Gasteiger partial charge in [-0.2, -0.15) is 0 Å². The van der Waals surface area contributed by atoms with Crippen molar-refractivity contribution in [2.24, 2.45) is 0 Å². The molecule has 1 aromatic carbocycles. The number of urea groups is 1. The number of methoxy groups -OCH3 is 1. The van der Waals surface area contributed by atoms with Crippen LogP contribution in [0.25, 0.3) is 0 Å². The Balaban J connectivity index is 1.70. The molecule has 2 amide bonds. The number of carbonyl (C=O) groups is 1. The SMILES string of the molecule is CCn1cnnc1[C@@H]1CCCN(C(=O)Nc2cc(OC)ccc2F)C1. The average Bonchev–Trinajstić information content (AvgIpc) is 3.12. The van der Waals surface area contributed by atoms with Gasteiger partial charge in [-0.15, -0.1) is 10.2 Å². The van der Waals surface area contributed by atoms with Crippen molar-refractivity contribution in [2.75, 3.05) is 25.5 Å². The number of anilines is 1. The van der Waals surface area contributed by atoms with Gasteiger partial charge in [0.1, 0.15) is 23.7 Å². The standard InChI is InChI=1S/C17H22FN5O2/c1-3-22-11-19-21-16(22)12-5-4-8-23(10-12)17(24)20-15-9-13(25-2)6-7-14(15)18/h6-7,9,11-12H,3-5,8,10H2,1-2H3,(H,20,24)/t12-/m1/s1. The molecule has 134 valence electrons. The third kappa shape index (κ3) is 3.72. The zero-order valence-corrected chi connectivity index (χ0v) is 14.4. The molecule has 0 bridgehead atoms. The first-order valence-corrected chi connectivity index (χ1v) is 8.39. The fourth-order valence-corrected chi connectivity index (χ4v) is 3.12. The van der Waals surface area contributed by atoms with E-state index in [9.17, 15) is 9.18 Å². The molecule has 0 saturated carbocycles. The summed E-state index contributed by atoms with van der Waals surface area (Å²) in [6.45, 7) is 4.00.